The van der Waals surface area contributed by atoms with Crippen molar-refractivity contribution in [2.24, 2.45) is 0 Å². The van der Waals surface area contributed by atoms with E-state index >= 15 is 0 Å². The number of likely N-dealkylation sites (N-methyl/N-ethyl adjacent to an activating group) is 1. The maximum Gasteiger partial charge on any atom is 0.416 e. The van der Waals surface area contributed by atoms with Crippen LogP contribution in [0.15, 0.2) is 72.8 Å². The van der Waals surface area contributed by atoms with Gasteiger partial charge < -0.3 is 9.64 Å². The highest BCUT2D eigenvalue weighted by molar-refractivity contribution is 6.04. The van der Waals surface area contributed by atoms with Crippen molar-refractivity contribution in [3.05, 3.63) is 83.9 Å². The smallest absolute Gasteiger partial charge is 0.416 e. The standard InChI is InChI=1S/C24H20F3NO3/c1-2-28(21-12-6-9-18-8-3-4-11-20(18)21)22(29)16-31-23(30)14-13-17-7-5-10-19(15-17)24(25,26)27/h3-15H,2,16H2,1H3. The summed E-state index contributed by atoms with van der Waals surface area (Å²) in [6, 6.07) is 17.8. The summed E-state index contributed by atoms with van der Waals surface area (Å²) < 4.78 is 43.3. The minimum absolute atomic E-state index is 0.198. The van der Waals surface area contributed by atoms with E-state index in [0.29, 0.717) is 12.2 Å². The number of nitrogens with zero attached hydrogens (tertiary/aromatic N) is 1. The average molecular weight is 427 g/mol. The van der Waals surface area contributed by atoms with Crippen molar-refractivity contribution in [3.63, 3.8) is 0 Å². The number of benzene rings is 3. The number of hydrogen-bond donors (Lipinski definition) is 0. The number of alkyl halides is 3. The number of carbonyl (C=O) groups excluding carboxylic acids is 2. The van der Waals surface area contributed by atoms with Crippen LogP contribution in [-0.4, -0.2) is 25.0 Å². The molecule has 0 saturated heterocycles. The van der Waals surface area contributed by atoms with Crippen LogP contribution in [-0.2, 0) is 20.5 Å². The first kappa shape index (κ1) is 22.1. The van der Waals surface area contributed by atoms with E-state index in [2.05, 4.69) is 0 Å². The van der Waals surface area contributed by atoms with Gasteiger partial charge >= 0.3 is 12.1 Å². The van der Waals surface area contributed by atoms with Crippen molar-refractivity contribution >= 4 is 34.4 Å². The molecule has 3 rings (SSSR count). The summed E-state index contributed by atoms with van der Waals surface area (Å²) >= 11 is 0. The lowest BCUT2D eigenvalue weighted by Gasteiger charge is -2.22. The summed E-state index contributed by atoms with van der Waals surface area (Å²) in [4.78, 5) is 26.1. The summed E-state index contributed by atoms with van der Waals surface area (Å²) in [6.45, 7) is 1.71. The number of amides is 1. The number of anilines is 1. The van der Waals surface area contributed by atoms with Crippen molar-refractivity contribution in [2.75, 3.05) is 18.1 Å². The van der Waals surface area contributed by atoms with Crippen LogP contribution in [0.5, 0.6) is 0 Å². The maximum atomic E-state index is 12.8. The molecule has 7 heteroatoms. The minimum Gasteiger partial charge on any atom is -0.452 e. The predicted octanol–water partition coefficient (Wildman–Crippen LogP) is 5.47. The molecule has 0 atom stereocenters. The van der Waals surface area contributed by atoms with Crippen LogP contribution in [0.4, 0.5) is 18.9 Å². The molecule has 160 valence electrons. The van der Waals surface area contributed by atoms with E-state index in [1.807, 2.05) is 49.4 Å². The lowest BCUT2D eigenvalue weighted by Crippen LogP contribution is -2.34. The highest BCUT2D eigenvalue weighted by atomic mass is 19.4. The van der Waals surface area contributed by atoms with E-state index in [1.54, 1.807) is 0 Å². The molecule has 0 aliphatic carbocycles. The second kappa shape index (κ2) is 9.47. The molecule has 0 N–H and O–H groups in total. The second-order valence-electron chi connectivity index (χ2n) is 6.70. The second-order valence-corrected chi connectivity index (χ2v) is 6.70. The Morgan fingerprint density at radius 2 is 1.71 bits per heavy atom. The Kier molecular flexibility index (Phi) is 6.74. The first-order valence-corrected chi connectivity index (χ1v) is 9.60. The number of ether oxygens (including phenoxy) is 1. The topological polar surface area (TPSA) is 46.6 Å². The molecule has 0 unspecified atom stereocenters. The molecule has 3 aromatic carbocycles. The van der Waals surface area contributed by atoms with Gasteiger partial charge in [0.15, 0.2) is 6.61 Å². The molecule has 0 aliphatic rings. The van der Waals surface area contributed by atoms with Gasteiger partial charge in [-0.2, -0.15) is 13.2 Å². The van der Waals surface area contributed by atoms with Gasteiger partial charge in [-0.1, -0.05) is 48.5 Å². The Labute approximate surface area is 177 Å². The van der Waals surface area contributed by atoms with Crippen molar-refractivity contribution in [1.29, 1.82) is 0 Å². The molecule has 3 aromatic rings. The molecule has 0 aromatic heterocycles. The highest BCUT2D eigenvalue weighted by Crippen LogP contribution is 2.30. The van der Waals surface area contributed by atoms with Crippen molar-refractivity contribution in [3.8, 4) is 0 Å². The zero-order valence-electron chi connectivity index (χ0n) is 16.7. The quantitative estimate of drug-likeness (QED) is 0.387. The van der Waals surface area contributed by atoms with Crippen LogP contribution in [0.3, 0.4) is 0 Å². The largest absolute Gasteiger partial charge is 0.452 e. The zero-order chi connectivity index (χ0) is 22.4. The molecule has 0 saturated carbocycles. The van der Waals surface area contributed by atoms with Crippen LogP contribution in [0.1, 0.15) is 18.1 Å². The maximum absolute atomic E-state index is 12.8. The number of carbonyl (C=O) groups is 2. The predicted molar refractivity (Wildman–Crippen MR) is 113 cm³/mol. The summed E-state index contributed by atoms with van der Waals surface area (Å²) in [5.41, 5.74) is 0.0945. The Balaban J connectivity index is 1.65. The third-order valence-corrected chi connectivity index (χ3v) is 4.64. The Morgan fingerprint density at radius 3 is 2.45 bits per heavy atom. The molecule has 0 radical (unpaired) electrons. The Hall–Kier alpha value is -3.61. The summed E-state index contributed by atoms with van der Waals surface area (Å²) in [5, 5.41) is 1.88. The van der Waals surface area contributed by atoms with Gasteiger partial charge in [0.25, 0.3) is 5.91 Å². The van der Waals surface area contributed by atoms with Crippen LogP contribution >= 0.6 is 0 Å². The van der Waals surface area contributed by atoms with Crippen molar-refractivity contribution < 1.29 is 27.5 Å². The summed E-state index contributed by atoms with van der Waals surface area (Å²) in [5.74, 6) is -1.22. The lowest BCUT2D eigenvalue weighted by molar-refractivity contribution is -0.142. The molecule has 0 heterocycles. The SMILES string of the molecule is CCN(C(=O)COC(=O)C=Cc1cccc(C(F)(F)F)c1)c1cccc2ccccc12. The first-order valence-electron chi connectivity index (χ1n) is 9.60. The van der Waals surface area contributed by atoms with E-state index in [1.165, 1.54) is 23.1 Å². The third-order valence-electron chi connectivity index (χ3n) is 4.64. The van der Waals surface area contributed by atoms with Gasteiger partial charge in [-0.05, 0) is 42.1 Å². The number of hydrogen-bond acceptors (Lipinski definition) is 3. The van der Waals surface area contributed by atoms with Gasteiger partial charge in [0.05, 0.1) is 11.3 Å². The molecule has 0 bridgehead atoms. The molecule has 0 fully saturated rings. The molecule has 0 aliphatic heterocycles. The first-order chi connectivity index (χ1) is 14.8. The van der Waals surface area contributed by atoms with E-state index in [9.17, 15) is 22.8 Å². The molecular weight excluding hydrogens is 407 g/mol. The van der Waals surface area contributed by atoms with Crippen molar-refractivity contribution in [1.82, 2.24) is 0 Å². The van der Waals surface area contributed by atoms with Crippen LogP contribution < -0.4 is 4.90 Å². The molecule has 4 nitrogen and oxygen atoms in total. The molecule has 31 heavy (non-hydrogen) atoms. The highest BCUT2D eigenvalue weighted by Gasteiger charge is 2.30. The number of halogens is 3. The van der Waals surface area contributed by atoms with Gasteiger partial charge in [0.1, 0.15) is 0 Å². The fourth-order valence-corrected chi connectivity index (χ4v) is 3.17. The molecular formula is C24H20F3NO3. The number of fused-ring (bicyclic) bond motifs is 1. The van der Waals surface area contributed by atoms with Gasteiger partial charge in [-0.3, -0.25) is 4.79 Å². The van der Waals surface area contributed by atoms with Gasteiger partial charge in [0.2, 0.25) is 0 Å². The molecule has 1 amide bonds. The monoisotopic (exact) mass is 427 g/mol. The van der Waals surface area contributed by atoms with Gasteiger partial charge in [-0.25, -0.2) is 4.79 Å². The van der Waals surface area contributed by atoms with Crippen molar-refractivity contribution in [2.45, 2.75) is 13.1 Å². The fraction of sp³-hybridized carbons (Fsp3) is 0.167. The summed E-state index contributed by atoms with van der Waals surface area (Å²) in [6.07, 6.45) is -2.26. The van der Waals surface area contributed by atoms with Crippen LogP contribution in [0, 0.1) is 0 Å². The minimum atomic E-state index is -4.47. The van der Waals surface area contributed by atoms with E-state index in [4.69, 9.17) is 4.74 Å². The van der Waals surface area contributed by atoms with E-state index in [-0.39, 0.29) is 5.56 Å². The lowest BCUT2D eigenvalue weighted by atomic mass is 10.1. The zero-order valence-corrected chi connectivity index (χ0v) is 16.7. The number of esters is 1. The van der Waals surface area contributed by atoms with E-state index < -0.39 is 30.2 Å². The van der Waals surface area contributed by atoms with Gasteiger partial charge in [0, 0.05) is 18.0 Å². The number of rotatable bonds is 6. The summed E-state index contributed by atoms with van der Waals surface area (Å²) in [7, 11) is 0. The Morgan fingerprint density at radius 1 is 1.00 bits per heavy atom. The average Bonchev–Trinajstić information content (AvgIpc) is 2.76. The van der Waals surface area contributed by atoms with Gasteiger partial charge in [-0.15, -0.1) is 0 Å². The third kappa shape index (κ3) is 5.51. The molecule has 0 spiro atoms. The van der Waals surface area contributed by atoms with E-state index in [0.717, 1.165) is 29.0 Å². The Bertz CT molecular complexity index is 1120. The van der Waals surface area contributed by atoms with Crippen LogP contribution in [0.2, 0.25) is 0 Å². The van der Waals surface area contributed by atoms with Crippen LogP contribution in [0.25, 0.3) is 16.8 Å². The fourth-order valence-electron chi connectivity index (χ4n) is 3.17. The normalized spacial score (nSPS) is 11.6.